The zero-order valence-corrected chi connectivity index (χ0v) is 14.8. The number of carbonyl (C=O) groups excluding carboxylic acids is 3. The molecule has 0 spiro atoms. The van der Waals surface area contributed by atoms with Gasteiger partial charge in [0, 0.05) is 0 Å². The fourth-order valence-corrected chi connectivity index (χ4v) is 5.46. The molecule has 3 fully saturated rings. The molecule has 5 heteroatoms. The van der Waals surface area contributed by atoms with E-state index in [1.54, 1.807) is 12.1 Å². The molecule has 2 amide bonds. The molecular weight excluding hydrogens is 330 g/mol. The van der Waals surface area contributed by atoms with Crippen LogP contribution in [0, 0.1) is 49.4 Å². The standard InChI is InChI=1S/C21H21NO4/c1-10-5-11(2)7-12(6-10)26-17(23)9-22-20(24)18-13-3-4-14(16-8-15(13)16)19(18)21(22)25/h3-7,13-16,18-19H,8-9H2,1-2H3/t13-,14-,15-,16-,18-,19+/m1/s1. The number of esters is 1. The third kappa shape index (κ3) is 2.19. The summed E-state index contributed by atoms with van der Waals surface area (Å²) in [5.74, 6) is 0.427. The zero-order chi connectivity index (χ0) is 18.2. The number of nitrogens with zero attached hydrogens (tertiary/aromatic N) is 1. The van der Waals surface area contributed by atoms with Gasteiger partial charge in [0.2, 0.25) is 11.8 Å². The molecule has 26 heavy (non-hydrogen) atoms. The number of allylic oxidation sites excluding steroid dienone is 2. The Kier molecular flexibility index (Phi) is 3.21. The number of amides is 2. The molecule has 1 heterocycles. The van der Waals surface area contributed by atoms with E-state index in [0.29, 0.717) is 17.6 Å². The Bertz CT molecular complexity index is 817. The van der Waals surface area contributed by atoms with Gasteiger partial charge in [-0.15, -0.1) is 0 Å². The lowest BCUT2D eigenvalue weighted by Crippen LogP contribution is -2.40. The fourth-order valence-electron chi connectivity index (χ4n) is 5.46. The van der Waals surface area contributed by atoms with Gasteiger partial charge < -0.3 is 4.74 Å². The first-order chi connectivity index (χ1) is 12.4. The highest BCUT2D eigenvalue weighted by molar-refractivity contribution is 6.08. The minimum Gasteiger partial charge on any atom is -0.425 e. The monoisotopic (exact) mass is 351 g/mol. The Labute approximate surface area is 152 Å². The van der Waals surface area contributed by atoms with Crippen LogP contribution in [0.3, 0.4) is 0 Å². The van der Waals surface area contributed by atoms with E-state index in [9.17, 15) is 14.4 Å². The Morgan fingerprint density at radius 1 is 1.00 bits per heavy atom. The van der Waals surface area contributed by atoms with Crippen LogP contribution in [0.25, 0.3) is 0 Å². The van der Waals surface area contributed by atoms with E-state index in [0.717, 1.165) is 22.4 Å². The third-order valence-electron chi connectivity index (χ3n) is 6.47. The molecule has 1 aromatic carbocycles. The molecule has 1 aliphatic heterocycles. The summed E-state index contributed by atoms with van der Waals surface area (Å²) in [5.41, 5.74) is 1.99. The van der Waals surface area contributed by atoms with Crippen molar-refractivity contribution in [1.82, 2.24) is 4.90 Å². The number of carbonyl (C=O) groups is 3. The van der Waals surface area contributed by atoms with Gasteiger partial charge in [0.15, 0.2) is 0 Å². The van der Waals surface area contributed by atoms with Gasteiger partial charge in [-0.05, 0) is 67.2 Å². The van der Waals surface area contributed by atoms with E-state index in [-0.39, 0.29) is 42.0 Å². The number of imide groups is 1. The summed E-state index contributed by atoms with van der Waals surface area (Å²) in [5, 5.41) is 0. The van der Waals surface area contributed by atoms with Crippen molar-refractivity contribution in [3.05, 3.63) is 41.5 Å². The van der Waals surface area contributed by atoms with Crippen LogP contribution in [-0.4, -0.2) is 29.2 Å². The third-order valence-corrected chi connectivity index (χ3v) is 6.47. The lowest BCUT2D eigenvalue weighted by atomic mass is 9.63. The van der Waals surface area contributed by atoms with E-state index >= 15 is 0 Å². The number of ether oxygens (including phenoxy) is 1. The average Bonchev–Trinajstić information content (AvgIpc) is 3.35. The van der Waals surface area contributed by atoms with Gasteiger partial charge in [-0.3, -0.25) is 14.5 Å². The number of hydrogen-bond acceptors (Lipinski definition) is 4. The second-order valence-corrected chi connectivity index (χ2v) is 8.21. The number of rotatable bonds is 3. The van der Waals surface area contributed by atoms with Crippen LogP contribution in [0.1, 0.15) is 17.5 Å². The second-order valence-electron chi connectivity index (χ2n) is 8.21. The summed E-state index contributed by atoms with van der Waals surface area (Å²) in [4.78, 5) is 39.2. The lowest BCUT2D eigenvalue weighted by molar-refractivity contribution is -0.148. The van der Waals surface area contributed by atoms with Gasteiger partial charge in [0.25, 0.3) is 0 Å². The minimum absolute atomic E-state index is 0.173. The van der Waals surface area contributed by atoms with Crippen LogP contribution in [0.5, 0.6) is 5.75 Å². The van der Waals surface area contributed by atoms with Crippen molar-refractivity contribution < 1.29 is 19.1 Å². The molecular formula is C21H21NO4. The first-order valence-corrected chi connectivity index (χ1v) is 9.26. The van der Waals surface area contributed by atoms with Crippen molar-refractivity contribution in [2.45, 2.75) is 20.3 Å². The molecule has 1 saturated heterocycles. The Morgan fingerprint density at radius 2 is 1.54 bits per heavy atom. The number of likely N-dealkylation sites (tertiary alicyclic amines) is 1. The first-order valence-electron chi connectivity index (χ1n) is 9.26. The smallest absolute Gasteiger partial charge is 0.331 e. The summed E-state index contributed by atoms with van der Waals surface area (Å²) in [7, 11) is 0. The maximum Gasteiger partial charge on any atom is 0.331 e. The van der Waals surface area contributed by atoms with Crippen LogP contribution in [0.15, 0.2) is 30.4 Å². The molecule has 6 atom stereocenters. The Balaban J connectivity index is 1.33. The minimum atomic E-state index is -0.569. The predicted octanol–water partition coefficient (Wildman–Crippen LogP) is 2.26. The molecule has 5 aliphatic rings. The van der Waals surface area contributed by atoms with Crippen molar-refractivity contribution in [1.29, 1.82) is 0 Å². The molecule has 4 aliphatic carbocycles. The summed E-state index contributed by atoms with van der Waals surface area (Å²) >= 11 is 0. The largest absolute Gasteiger partial charge is 0.425 e. The lowest BCUT2D eigenvalue weighted by Gasteiger charge is -2.37. The van der Waals surface area contributed by atoms with E-state index in [2.05, 4.69) is 12.2 Å². The van der Waals surface area contributed by atoms with Gasteiger partial charge >= 0.3 is 5.97 Å². The summed E-state index contributed by atoms with van der Waals surface area (Å²) in [6.45, 7) is 3.56. The van der Waals surface area contributed by atoms with Crippen LogP contribution in [0.4, 0.5) is 0 Å². The molecule has 1 aromatic rings. The predicted molar refractivity (Wildman–Crippen MR) is 93.0 cm³/mol. The van der Waals surface area contributed by atoms with Gasteiger partial charge in [-0.2, -0.15) is 0 Å². The van der Waals surface area contributed by atoms with Crippen LogP contribution >= 0.6 is 0 Å². The molecule has 0 radical (unpaired) electrons. The van der Waals surface area contributed by atoms with Crippen molar-refractivity contribution in [3.8, 4) is 5.75 Å². The number of benzene rings is 1. The molecule has 0 N–H and O–H groups in total. The normalized spacial score (nSPS) is 36.2. The summed E-state index contributed by atoms with van der Waals surface area (Å²) < 4.78 is 5.39. The van der Waals surface area contributed by atoms with Gasteiger partial charge in [0.05, 0.1) is 11.8 Å². The quantitative estimate of drug-likeness (QED) is 0.363. The van der Waals surface area contributed by atoms with E-state index < -0.39 is 5.97 Å². The molecule has 134 valence electrons. The topological polar surface area (TPSA) is 63.7 Å². The van der Waals surface area contributed by atoms with Crippen molar-refractivity contribution in [3.63, 3.8) is 0 Å². The van der Waals surface area contributed by atoms with Crippen molar-refractivity contribution in [2.24, 2.45) is 35.5 Å². The molecule has 2 bridgehead atoms. The Morgan fingerprint density at radius 3 is 2.08 bits per heavy atom. The van der Waals surface area contributed by atoms with Crippen LogP contribution in [-0.2, 0) is 14.4 Å². The molecule has 2 saturated carbocycles. The highest BCUT2D eigenvalue weighted by Crippen LogP contribution is 2.65. The van der Waals surface area contributed by atoms with E-state index in [1.807, 2.05) is 19.9 Å². The van der Waals surface area contributed by atoms with Crippen LogP contribution < -0.4 is 4.74 Å². The summed E-state index contributed by atoms with van der Waals surface area (Å²) in [6, 6.07) is 5.54. The number of aryl methyl sites for hydroxylation is 2. The molecule has 5 nitrogen and oxygen atoms in total. The zero-order valence-electron chi connectivity index (χ0n) is 14.8. The van der Waals surface area contributed by atoms with Crippen LogP contribution in [0.2, 0.25) is 0 Å². The highest BCUT2D eigenvalue weighted by Gasteiger charge is 2.67. The maximum absolute atomic E-state index is 12.9. The SMILES string of the molecule is Cc1cc(C)cc(OC(=O)CN2C(=O)[C@@H]3[C@@H]4C=C[C@H]([C@H]5C[C@H]45)[C@@H]3C2=O)c1. The molecule has 0 unspecified atom stereocenters. The van der Waals surface area contributed by atoms with Gasteiger partial charge in [-0.25, -0.2) is 4.79 Å². The number of hydrogen-bond donors (Lipinski definition) is 0. The van der Waals surface area contributed by atoms with Crippen molar-refractivity contribution >= 4 is 17.8 Å². The van der Waals surface area contributed by atoms with Gasteiger partial charge in [-0.1, -0.05) is 18.2 Å². The van der Waals surface area contributed by atoms with Gasteiger partial charge in [0.1, 0.15) is 12.3 Å². The second kappa shape index (κ2) is 5.29. The average molecular weight is 351 g/mol. The molecule has 0 aromatic heterocycles. The van der Waals surface area contributed by atoms with Crippen molar-refractivity contribution in [2.75, 3.05) is 6.54 Å². The fraction of sp³-hybridized carbons (Fsp3) is 0.476. The maximum atomic E-state index is 12.9. The van der Waals surface area contributed by atoms with E-state index in [1.165, 1.54) is 0 Å². The van der Waals surface area contributed by atoms with E-state index in [4.69, 9.17) is 4.74 Å². The highest BCUT2D eigenvalue weighted by atomic mass is 16.5. The first kappa shape index (κ1) is 15.8. The molecule has 6 rings (SSSR count). The Hall–Kier alpha value is -2.43. The summed E-state index contributed by atoms with van der Waals surface area (Å²) in [6.07, 6.45) is 5.38.